The Bertz CT molecular complexity index is 890. The Kier molecular flexibility index (Phi) is 5.31. The molecule has 3 aromatic rings. The van der Waals surface area contributed by atoms with Crippen LogP contribution in [0.25, 0.3) is 10.1 Å². The Morgan fingerprint density at radius 1 is 1.16 bits per heavy atom. The number of nitrogens with one attached hydrogen (secondary N) is 1. The van der Waals surface area contributed by atoms with Crippen molar-refractivity contribution in [2.75, 3.05) is 14.2 Å². The molecule has 2 aromatic carbocycles. The van der Waals surface area contributed by atoms with Crippen molar-refractivity contribution in [3.8, 4) is 5.75 Å². The quantitative estimate of drug-likeness (QED) is 0.720. The fraction of sp³-hybridized carbons (Fsp3) is 0.211. The molecule has 0 unspecified atom stereocenters. The van der Waals surface area contributed by atoms with Gasteiger partial charge in [-0.05, 0) is 29.8 Å². The first-order chi connectivity index (χ1) is 12.1. The minimum atomic E-state index is -0.338. The van der Waals surface area contributed by atoms with E-state index in [0.29, 0.717) is 22.4 Å². The average molecular weight is 359 g/mol. The molecular formula is C19H18FNO3S. The van der Waals surface area contributed by atoms with Crippen molar-refractivity contribution in [2.45, 2.75) is 13.2 Å². The lowest BCUT2D eigenvalue weighted by molar-refractivity contribution is 0.0950. The van der Waals surface area contributed by atoms with E-state index in [1.54, 1.807) is 13.2 Å². The number of hydrogen-bond acceptors (Lipinski definition) is 4. The molecule has 0 radical (unpaired) electrons. The standard InChI is InChI=1S/C19H18FNO3S/c1-23-11-14-17-15(20)4-3-5-16(17)25-18(14)19(22)21-10-12-6-8-13(24-2)9-7-12/h3-9H,10-11H2,1-2H3,(H,21,22). The van der Waals surface area contributed by atoms with E-state index in [2.05, 4.69) is 5.32 Å². The lowest BCUT2D eigenvalue weighted by Crippen LogP contribution is -2.23. The first-order valence-electron chi connectivity index (χ1n) is 7.74. The summed E-state index contributed by atoms with van der Waals surface area (Å²) < 4.78 is 25.2. The molecule has 1 N–H and O–H groups in total. The summed E-state index contributed by atoms with van der Waals surface area (Å²) in [6, 6.07) is 12.3. The molecule has 1 amide bonds. The minimum Gasteiger partial charge on any atom is -0.497 e. The Balaban J connectivity index is 1.83. The Morgan fingerprint density at radius 2 is 1.92 bits per heavy atom. The molecule has 0 bridgehead atoms. The second-order valence-corrected chi connectivity index (χ2v) is 6.54. The number of rotatable bonds is 6. The van der Waals surface area contributed by atoms with Crippen LogP contribution in [0.2, 0.25) is 0 Å². The third kappa shape index (κ3) is 3.65. The summed E-state index contributed by atoms with van der Waals surface area (Å²) in [6.45, 7) is 0.568. The third-order valence-corrected chi connectivity index (χ3v) is 5.07. The zero-order valence-electron chi connectivity index (χ0n) is 14.0. The van der Waals surface area contributed by atoms with Crippen LogP contribution in [0.5, 0.6) is 5.75 Å². The summed E-state index contributed by atoms with van der Waals surface area (Å²) in [7, 11) is 3.14. The van der Waals surface area contributed by atoms with E-state index in [-0.39, 0.29) is 18.3 Å². The van der Waals surface area contributed by atoms with Crippen LogP contribution < -0.4 is 10.1 Å². The fourth-order valence-corrected chi connectivity index (χ4v) is 3.78. The fourth-order valence-electron chi connectivity index (χ4n) is 2.64. The maximum absolute atomic E-state index is 14.2. The van der Waals surface area contributed by atoms with Gasteiger partial charge in [0.2, 0.25) is 0 Å². The van der Waals surface area contributed by atoms with E-state index in [9.17, 15) is 9.18 Å². The first-order valence-corrected chi connectivity index (χ1v) is 8.55. The number of benzene rings is 2. The lowest BCUT2D eigenvalue weighted by Gasteiger charge is -2.07. The number of fused-ring (bicyclic) bond motifs is 1. The van der Waals surface area contributed by atoms with Gasteiger partial charge in [-0.3, -0.25) is 4.79 Å². The summed E-state index contributed by atoms with van der Waals surface area (Å²) in [5.74, 6) is 0.191. The number of carbonyl (C=O) groups is 1. The van der Waals surface area contributed by atoms with Crippen molar-refractivity contribution in [1.29, 1.82) is 0 Å². The van der Waals surface area contributed by atoms with Crippen molar-refractivity contribution in [1.82, 2.24) is 5.32 Å². The number of halogens is 1. The molecule has 25 heavy (non-hydrogen) atoms. The van der Waals surface area contributed by atoms with Crippen LogP contribution in [-0.4, -0.2) is 20.1 Å². The minimum absolute atomic E-state index is 0.187. The maximum Gasteiger partial charge on any atom is 0.262 e. The molecule has 0 saturated heterocycles. The molecule has 0 aliphatic heterocycles. The van der Waals surface area contributed by atoms with Gasteiger partial charge in [-0.1, -0.05) is 18.2 Å². The normalized spacial score (nSPS) is 10.8. The molecule has 0 atom stereocenters. The highest BCUT2D eigenvalue weighted by atomic mass is 32.1. The van der Waals surface area contributed by atoms with Gasteiger partial charge in [-0.25, -0.2) is 4.39 Å². The Labute approximate surface area is 149 Å². The number of methoxy groups -OCH3 is 2. The van der Waals surface area contributed by atoms with Crippen LogP contribution in [0.15, 0.2) is 42.5 Å². The molecule has 4 nitrogen and oxygen atoms in total. The topological polar surface area (TPSA) is 47.6 Å². The molecule has 3 rings (SSSR count). The predicted octanol–water partition coefficient (Wildman–Crippen LogP) is 4.13. The Hall–Kier alpha value is -2.44. The van der Waals surface area contributed by atoms with Crippen molar-refractivity contribution in [3.63, 3.8) is 0 Å². The molecule has 130 valence electrons. The van der Waals surface area contributed by atoms with Gasteiger partial charge < -0.3 is 14.8 Å². The number of ether oxygens (including phenoxy) is 2. The smallest absolute Gasteiger partial charge is 0.262 e. The number of amides is 1. The molecular weight excluding hydrogens is 341 g/mol. The highest BCUT2D eigenvalue weighted by Crippen LogP contribution is 2.33. The molecule has 0 saturated carbocycles. The van der Waals surface area contributed by atoms with Crippen LogP contribution in [-0.2, 0) is 17.9 Å². The zero-order chi connectivity index (χ0) is 17.8. The number of hydrogen-bond donors (Lipinski definition) is 1. The summed E-state index contributed by atoms with van der Waals surface area (Å²) in [4.78, 5) is 13.1. The second-order valence-electron chi connectivity index (χ2n) is 5.49. The Morgan fingerprint density at radius 3 is 2.60 bits per heavy atom. The summed E-state index contributed by atoms with van der Waals surface area (Å²) >= 11 is 1.28. The lowest BCUT2D eigenvalue weighted by atomic mass is 10.1. The summed E-state index contributed by atoms with van der Waals surface area (Å²) in [6.07, 6.45) is 0. The molecule has 0 aliphatic rings. The maximum atomic E-state index is 14.2. The second kappa shape index (κ2) is 7.63. The predicted molar refractivity (Wildman–Crippen MR) is 96.7 cm³/mol. The van der Waals surface area contributed by atoms with Gasteiger partial charge >= 0.3 is 0 Å². The van der Waals surface area contributed by atoms with Gasteiger partial charge in [0.1, 0.15) is 11.6 Å². The number of carbonyl (C=O) groups excluding carboxylic acids is 1. The van der Waals surface area contributed by atoms with Crippen molar-refractivity contribution in [2.24, 2.45) is 0 Å². The molecule has 0 spiro atoms. The molecule has 0 aliphatic carbocycles. The average Bonchev–Trinajstić information content (AvgIpc) is 3.00. The van der Waals surface area contributed by atoms with Crippen LogP contribution in [0, 0.1) is 5.82 Å². The van der Waals surface area contributed by atoms with Crippen molar-refractivity contribution in [3.05, 3.63) is 64.3 Å². The first kappa shape index (κ1) is 17.4. The van der Waals surface area contributed by atoms with Crippen molar-refractivity contribution < 1.29 is 18.7 Å². The van der Waals surface area contributed by atoms with E-state index >= 15 is 0 Å². The van der Waals surface area contributed by atoms with Gasteiger partial charge in [0, 0.05) is 29.3 Å². The van der Waals surface area contributed by atoms with Crippen LogP contribution >= 0.6 is 11.3 Å². The summed E-state index contributed by atoms with van der Waals surface area (Å²) in [5, 5.41) is 3.35. The third-order valence-electron chi connectivity index (χ3n) is 3.87. The van der Waals surface area contributed by atoms with E-state index in [4.69, 9.17) is 9.47 Å². The van der Waals surface area contributed by atoms with Gasteiger partial charge in [-0.15, -0.1) is 11.3 Å². The van der Waals surface area contributed by atoms with E-state index in [1.807, 2.05) is 30.3 Å². The van der Waals surface area contributed by atoms with Crippen LogP contribution in [0.3, 0.4) is 0 Å². The summed E-state index contributed by atoms with van der Waals surface area (Å²) in [5.41, 5.74) is 1.54. The van der Waals surface area contributed by atoms with Crippen LogP contribution in [0.4, 0.5) is 4.39 Å². The van der Waals surface area contributed by atoms with Crippen molar-refractivity contribution >= 4 is 27.3 Å². The largest absolute Gasteiger partial charge is 0.497 e. The van der Waals surface area contributed by atoms with E-state index in [0.717, 1.165) is 16.0 Å². The molecule has 1 aromatic heterocycles. The van der Waals surface area contributed by atoms with Gasteiger partial charge in [0.05, 0.1) is 18.6 Å². The zero-order valence-corrected chi connectivity index (χ0v) is 14.8. The van der Waals surface area contributed by atoms with Gasteiger partial charge in [0.25, 0.3) is 5.91 Å². The van der Waals surface area contributed by atoms with E-state index in [1.165, 1.54) is 24.5 Å². The highest BCUT2D eigenvalue weighted by Gasteiger charge is 2.20. The van der Waals surface area contributed by atoms with E-state index < -0.39 is 0 Å². The van der Waals surface area contributed by atoms with Gasteiger partial charge in [-0.2, -0.15) is 0 Å². The van der Waals surface area contributed by atoms with Crippen LogP contribution in [0.1, 0.15) is 20.8 Å². The van der Waals surface area contributed by atoms with Gasteiger partial charge in [0.15, 0.2) is 0 Å². The molecule has 1 heterocycles. The molecule has 0 fully saturated rings. The highest BCUT2D eigenvalue weighted by molar-refractivity contribution is 7.21. The number of thiophene rings is 1. The monoisotopic (exact) mass is 359 g/mol. The molecule has 6 heteroatoms. The SMILES string of the molecule is COCc1c(C(=O)NCc2ccc(OC)cc2)sc2cccc(F)c12.